The van der Waals surface area contributed by atoms with Gasteiger partial charge < -0.3 is 0 Å². The Labute approximate surface area is 219 Å². The van der Waals surface area contributed by atoms with E-state index in [-0.39, 0.29) is 5.41 Å². The maximum absolute atomic E-state index is 3.83. The lowest BCUT2D eigenvalue weighted by atomic mass is 9.61. The van der Waals surface area contributed by atoms with Crippen molar-refractivity contribution in [2.45, 2.75) is 5.41 Å². The molecule has 0 aromatic heterocycles. The summed E-state index contributed by atoms with van der Waals surface area (Å²) in [5, 5.41) is 2.66. The first-order valence-corrected chi connectivity index (χ1v) is 13.2. The van der Waals surface area contributed by atoms with Crippen LogP contribution >= 0.6 is 15.9 Å². The third-order valence-electron chi connectivity index (χ3n) is 8.14. The zero-order valence-electron chi connectivity index (χ0n) is 19.5. The summed E-state index contributed by atoms with van der Waals surface area (Å²) in [6, 6.07) is 47.2. The lowest BCUT2D eigenvalue weighted by Gasteiger charge is -2.40. The van der Waals surface area contributed by atoms with Gasteiger partial charge in [0.05, 0.1) is 5.41 Å². The second-order valence-electron chi connectivity index (χ2n) is 9.82. The van der Waals surface area contributed by atoms with Crippen LogP contribution in [-0.4, -0.2) is 0 Å². The molecular formula is C35H21Br. The molecule has 0 radical (unpaired) electrons. The first-order chi connectivity index (χ1) is 17.8. The Balaban J connectivity index is 1.60. The highest BCUT2D eigenvalue weighted by Gasteiger charge is 2.50. The molecule has 2 aliphatic carbocycles. The van der Waals surface area contributed by atoms with Gasteiger partial charge in [-0.2, -0.15) is 0 Å². The van der Waals surface area contributed by atoms with Gasteiger partial charge in [-0.05, 0) is 84.6 Å². The number of halogens is 1. The summed E-state index contributed by atoms with van der Waals surface area (Å²) in [6.45, 7) is 0. The number of benzene rings is 6. The van der Waals surface area contributed by atoms with Crippen molar-refractivity contribution in [1.82, 2.24) is 0 Å². The number of fused-ring (bicyclic) bond motifs is 9. The van der Waals surface area contributed by atoms with E-state index >= 15 is 0 Å². The van der Waals surface area contributed by atoms with Crippen LogP contribution in [0.5, 0.6) is 0 Å². The van der Waals surface area contributed by atoms with Crippen molar-refractivity contribution in [3.63, 3.8) is 0 Å². The van der Waals surface area contributed by atoms with Crippen molar-refractivity contribution >= 4 is 26.7 Å². The number of hydrogen-bond donors (Lipinski definition) is 0. The topological polar surface area (TPSA) is 0 Å². The fourth-order valence-electron chi connectivity index (χ4n) is 6.75. The van der Waals surface area contributed by atoms with Gasteiger partial charge in [0.25, 0.3) is 0 Å². The van der Waals surface area contributed by atoms with Gasteiger partial charge in [0.1, 0.15) is 0 Å². The Morgan fingerprint density at radius 2 is 1.06 bits per heavy atom. The molecule has 1 atom stereocenters. The van der Waals surface area contributed by atoms with E-state index in [2.05, 4.69) is 143 Å². The highest BCUT2D eigenvalue weighted by molar-refractivity contribution is 9.10. The lowest BCUT2D eigenvalue weighted by molar-refractivity contribution is 0.773. The largest absolute Gasteiger partial charge is 0.0726 e. The first kappa shape index (κ1) is 20.3. The van der Waals surface area contributed by atoms with Crippen molar-refractivity contribution in [3.8, 4) is 33.4 Å². The van der Waals surface area contributed by atoms with Crippen molar-refractivity contribution in [3.05, 3.63) is 154 Å². The average molecular weight is 521 g/mol. The van der Waals surface area contributed by atoms with E-state index in [1.165, 1.54) is 66.4 Å². The summed E-state index contributed by atoms with van der Waals surface area (Å²) in [5.74, 6) is 0. The second-order valence-corrected chi connectivity index (χ2v) is 10.7. The third-order valence-corrected chi connectivity index (χ3v) is 8.63. The molecule has 0 bridgehead atoms. The molecule has 0 amide bonds. The van der Waals surface area contributed by atoms with Gasteiger partial charge in [-0.25, -0.2) is 0 Å². The average Bonchev–Trinajstić information content (AvgIpc) is 3.22. The summed E-state index contributed by atoms with van der Waals surface area (Å²) in [6.07, 6.45) is 0. The van der Waals surface area contributed by atoms with Crippen LogP contribution in [0, 0.1) is 0 Å². The molecule has 1 heteroatoms. The third kappa shape index (κ3) is 2.49. The van der Waals surface area contributed by atoms with Crippen LogP contribution in [0.3, 0.4) is 0 Å². The fraction of sp³-hybridized carbons (Fsp3) is 0.0286. The summed E-state index contributed by atoms with van der Waals surface area (Å²) in [5.41, 5.74) is 12.9. The zero-order chi connectivity index (χ0) is 23.9. The molecule has 6 aromatic carbocycles. The van der Waals surface area contributed by atoms with Crippen LogP contribution in [0.15, 0.2) is 132 Å². The minimum atomic E-state index is -0.385. The molecule has 0 heterocycles. The molecule has 0 aliphatic heterocycles. The Hall–Kier alpha value is -3.94. The molecular weight excluding hydrogens is 500 g/mol. The normalized spacial score (nSPS) is 16.6. The predicted molar refractivity (Wildman–Crippen MR) is 153 cm³/mol. The van der Waals surface area contributed by atoms with Crippen LogP contribution in [0.2, 0.25) is 0 Å². The SMILES string of the molecule is Brc1ccc2c(c1)C1(c3ccccc3-c3ccc(-c4ccccc4)cc31)c1cccc3cccc-2c13. The van der Waals surface area contributed by atoms with E-state index < -0.39 is 0 Å². The molecule has 0 fully saturated rings. The zero-order valence-corrected chi connectivity index (χ0v) is 21.1. The van der Waals surface area contributed by atoms with Gasteiger partial charge >= 0.3 is 0 Å². The maximum Gasteiger partial charge on any atom is 0.0726 e. The van der Waals surface area contributed by atoms with Crippen LogP contribution in [-0.2, 0) is 5.41 Å². The summed E-state index contributed by atoms with van der Waals surface area (Å²) in [4.78, 5) is 0. The molecule has 168 valence electrons. The quantitative estimate of drug-likeness (QED) is 0.202. The number of hydrogen-bond acceptors (Lipinski definition) is 0. The minimum absolute atomic E-state index is 0.385. The Kier molecular flexibility index (Phi) is 4.10. The van der Waals surface area contributed by atoms with E-state index in [9.17, 15) is 0 Å². The predicted octanol–water partition coefficient (Wildman–Crippen LogP) is 9.61. The van der Waals surface area contributed by atoms with Gasteiger partial charge in [0.15, 0.2) is 0 Å². The smallest absolute Gasteiger partial charge is 0.0622 e. The molecule has 0 nitrogen and oxygen atoms in total. The Bertz CT molecular complexity index is 1840. The van der Waals surface area contributed by atoms with Gasteiger partial charge in [-0.3, -0.25) is 0 Å². The van der Waals surface area contributed by atoms with Crippen LogP contribution in [0.4, 0.5) is 0 Å². The van der Waals surface area contributed by atoms with Crippen molar-refractivity contribution < 1.29 is 0 Å². The maximum atomic E-state index is 3.83. The van der Waals surface area contributed by atoms with Gasteiger partial charge in [-0.15, -0.1) is 0 Å². The van der Waals surface area contributed by atoms with Crippen molar-refractivity contribution in [2.24, 2.45) is 0 Å². The molecule has 0 N–H and O–H groups in total. The van der Waals surface area contributed by atoms with Gasteiger partial charge in [-0.1, -0.05) is 125 Å². The molecule has 8 rings (SSSR count). The molecule has 0 saturated carbocycles. The van der Waals surface area contributed by atoms with Gasteiger partial charge in [0.2, 0.25) is 0 Å². The van der Waals surface area contributed by atoms with Crippen LogP contribution in [0.1, 0.15) is 22.3 Å². The molecule has 36 heavy (non-hydrogen) atoms. The van der Waals surface area contributed by atoms with Crippen LogP contribution in [0.25, 0.3) is 44.2 Å². The highest BCUT2D eigenvalue weighted by atomic mass is 79.9. The van der Waals surface area contributed by atoms with E-state index in [0.717, 1.165) is 4.47 Å². The minimum Gasteiger partial charge on any atom is -0.0622 e. The second kappa shape index (κ2) is 7.29. The molecule has 1 unspecified atom stereocenters. The van der Waals surface area contributed by atoms with E-state index in [0.29, 0.717) is 0 Å². The van der Waals surface area contributed by atoms with E-state index in [4.69, 9.17) is 0 Å². The summed E-state index contributed by atoms with van der Waals surface area (Å²) < 4.78 is 1.11. The van der Waals surface area contributed by atoms with E-state index in [1.54, 1.807) is 0 Å². The summed E-state index contributed by atoms with van der Waals surface area (Å²) in [7, 11) is 0. The Morgan fingerprint density at radius 1 is 0.417 bits per heavy atom. The lowest BCUT2D eigenvalue weighted by Crippen LogP contribution is -2.31. The highest BCUT2D eigenvalue weighted by Crippen LogP contribution is 2.62. The molecule has 1 spiro atoms. The monoisotopic (exact) mass is 520 g/mol. The van der Waals surface area contributed by atoms with Crippen molar-refractivity contribution in [1.29, 1.82) is 0 Å². The molecule has 0 saturated heterocycles. The first-order valence-electron chi connectivity index (χ1n) is 12.4. The number of rotatable bonds is 1. The summed E-state index contributed by atoms with van der Waals surface area (Å²) >= 11 is 3.83. The fourth-order valence-corrected chi connectivity index (χ4v) is 7.12. The molecule has 2 aliphatic rings. The van der Waals surface area contributed by atoms with E-state index in [1.807, 2.05) is 0 Å². The van der Waals surface area contributed by atoms with Gasteiger partial charge in [0, 0.05) is 4.47 Å². The van der Waals surface area contributed by atoms with Crippen molar-refractivity contribution in [2.75, 3.05) is 0 Å². The van der Waals surface area contributed by atoms with Crippen LogP contribution < -0.4 is 0 Å². The molecule has 6 aromatic rings. The standard InChI is InChI=1S/C35H21Br/c36-25-17-19-28-29-13-6-10-23-11-7-15-31(34(23)29)35(33(28)21-25)30-14-5-4-12-26(30)27-18-16-24(20-32(27)35)22-8-2-1-3-9-22/h1-21H. The Morgan fingerprint density at radius 3 is 1.94 bits per heavy atom.